The van der Waals surface area contributed by atoms with Gasteiger partial charge in [0.05, 0.1) is 4.90 Å². The quantitative estimate of drug-likeness (QED) is 0.689. The first-order valence-electron chi connectivity index (χ1n) is 7.98. The lowest BCUT2D eigenvalue weighted by Crippen LogP contribution is -2.26. The van der Waals surface area contributed by atoms with Crippen LogP contribution in [0.4, 0.5) is 0 Å². The Morgan fingerprint density at radius 1 is 1.12 bits per heavy atom. The van der Waals surface area contributed by atoms with E-state index in [1.165, 1.54) is 12.1 Å². The van der Waals surface area contributed by atoms with Crippen LogP contribution in [0, 0.1) is 0 Å². The van der Waals surface area contributed by atoms with Crippen LogP contribution in [0.2, 0.25) is 0 Å². The second kappa shape index (κ2) is 7.49. The Balaban J connectivity index is 1.59. The summed E-state index contributed by atoms with van der Waals surface area (Å²) in [6.45, 7) is 0.353. The van der Waals surface area contributed by atoms with Gasteiger partial charge >= 0.3 is 0 Å². The Labute approximate surface area is 151 Å². The standard InChI is InChI=1S/C18H18N4O3S/c1-26(24,25)15-9-5-8-14(12-15)18(23)19-11-10-16-20-17(22-21-16)13-6-3-2-4-7-13/h2-9,12H,10-11H2,1H3,(H,19,23)(H,20,21,22). The second-order valence-electron chi connectivity index (χ2n) is 5.78. The van der Waals surface area contributed by atoms with Crippen molar-refractivity contribution in [2.45, 2.75) is 11.3 Å². The average molecular weight is 370 g/mol. The third-order valence-electron chi connectivity index (χ3n) is 3.74. The molecular formula is C18H18N4O3S. The first kappa shape index (κ1) is 17.8. The van der Waals surface area contributed by atoms with Gasteiger partial charge in [0.15, 0.2) is 15.7 Å². The highest BCUT2D eigenvalue weighted by atomic mass is 32.2. The van der Waals surface area contributed by atoms with Crippen LogP contribution in [0.25, 0.3) is 11.4 Å². The molecule has 3 aromatic rings. The SMILES string of the molecule is CS(=O)(=O)c1cccc(C(=O)NCCc2nc(-c3ccccc3)n[nH]2)c1. The predicted octanol–water partition coefficient (Wildman–Crippen LogP) is 1.85. The molecule has 0 bridgehead atoms. The number of hydrogen-bond acceptors (Lipinski definition) is 5. The van der Waals surface area contributed by atoms with Gasteiger partial charge in [-0.15, -0.1) is 0 Å². The minimum absolute atomic E-state index is 0.118. The van der Waals surface area contributed by atoms with E-state index in [0.29, 0.717) is 30.2 Å². The van der Waals surface area contributed by atoms with E-state index >= 15 is 0 Å². The summed E-state index contributed by atoms with van der Waals surface area (Å²) in [7, 11) is -3.35. The smallest absolute Gasteiger partial charge is 0.251 e. The van der Waals surface area contributed by atoms with Crippen molar-refractivity contribution >= 4 is 15.7 Å². The molecule has 0 saturated heterocycles. The minimum Gasteiger partial charge on any atom is -0.352 e. The van der Waals surface area contributed by atoms with Crippen LogP contribution in [-0.4, -0.2) is 42.3 Å². The first-order valence-corrected chi connectivity index (χ1v) is 9.87. The Morgan fingerprint density at radius 3 is 2.62 bits per heavy atom. The number of sulfone groups is 1. The number of H-pyrrole nitrogens is 1. The molecule has 0 aliphatic heterocycles. The third kappa shape index (κ3) is 4.34. The number of amides is 1. The molecule has 2 aromatic carbocycles. The van der Waals surface area contributed by atoms with E-state index in [1.54, 1.807) is 12.1 Å². The monoisotopic (exact) mass is 370 g/mol. The number of aromatic amines is 1. The van der Waals surface area contributed by atoms with Crippen molar-refractivity contribution in [1.82, 2.24) is 20.5 Å². The summed E-state index contributed by atoms with van der Waals surface area (Å²) in [4.78, 5) is 16.7. The number of carbonyl (C=O) groups excluding carboxylic acids is 1. The summed E-state index contributed by atoms with van der Waals surface area (Å²) < 4.78 is 23.1. The molecule has 7 nitrogen and oxygen atoms in total. The molecule has 0 atom stereocenters. The van der Waals surface area contributed by atoms with Gasteiger partial charge in [0.1, 0.15) is 5.82 Å². The molecule has 0 spiro atoms. The van der Waals surface area contributed by atoms with Gasteiger partial charge in [-0.1, -0.05) is 36.4 Å². The molecule has 0 saturated carbocycles. The molecule has 0 fully saturated rings. The highest BCUT2D eigenvalue weighted by Crippen LogP contribution is 2.13. The fourth-order valence-corrected chi connectivity index (χ4v) is 3.05. The van der Waals surface area contributed by atoms with Gasteiger partial charge in [0.25, 0.3) is 5.91 Å². The minimum atomic E-state index is -3.35. The molecule has 1 aromatic heterocycles. The lowest BCUT2D eigenvalue weighted by molar-refractivity contribution is 0.0954. The number of nitrogens with one attached hydrogen (secondary N) is 2. The van der Waals surface area contributed by atoms with Crippen LogP contribution in [0.15, 0.2) is 59.5 Å². The Kier molecular flexibility index (Phi) is 5.13. The summed E-state index contributed by atoms with van der Waals surface area (Å²) in [5.41, 5.74) is 1.21. The fraction of sp³-hybridized carbons (Fsp3) is 0.167. The first-order chi connectivity index (χ1) is 12.4. The Hall–Kier alpha value is -3.00. The van der Waals surface area contributed by atoms with E-state index in [2.05, 4.69) is 20.5 Å². The number of benzene rings is 2. The normalized spacial score (nSPS) is 11.3. The van der Waals surface area contributed by atoms with Crippen LogP contribution in [0.5, 0.6) is 0 Å². The van der Waals surface area contributed by atoms with Crippen molar-refractivity contribution in [3.63, 3.8) is 0 Å². The molecule has 0 aliphatic rings. The van der Waals surface area contributed by atoms with Gasteiger partial charge in [-0.25, -0.2) is 13.4 Å². The molecular weight excluding hydrogens is 352 g/mol. The molecule has 8 heteroatoms. The van der Waals surface area contributed by atoms with E-state index in [-0.39, 0.29) is 10.8 Å². The molecule has 1 heterocycles. The summed E-state index contributed by atoms with van der Waals surface area (Å²) in [5, 5.41) is 9.77. The summed E-state index contributed by atoms with van der Waals surface area (Å²) in [5.74, 6) is 0.931. The average Bonchev–Trinajstić information content (AvgIpc) is 3.11. The fourth-order valence-electron chi connectivity index (χ4n) is 2.39. The van der Waals surface area contributed by atoms with E-state index in [4.69, 9.17) is 0 Å². The lowest BCUT2D eigenvalue weighted by Gasteiger charge is -2.05. The van der Waals surface area contributed by atoms with Crippen molar-refractivity contribution in [2.75, 3.05) is 12.8 Å². The lowest BCUT2D eigenvalue weighted by atomic mass is 10.2. The van der Waals surface area contributed by atoms with Crippen molar-refractivity contribution < 1.29 is 13.2 Å². The van der Waals surface area contributed by atoms with E-state index in [0.717, 1.165) is 11.8 Å². The van der Waals surface area contributed by atoms with E-state index in [9.17, 15) is 13.2 Å². The predicted molar refractivity (Wildman–Crippen MR) is 97.4 cm³/mol. The highest BCUT2D eigenvalue weighted by Gasteiger charge is 2.12. The topological polar surface area (TPSA) is 105 Å². The van der Waals surface area contributed by atoms with Gasteiger partial charge in [-0.2, -0.15) is 5.10 Å². The third-order valence-corrected chi connectivity index (χ3v) is 4.85. The number of carbonyl (C=O) groups is 1. The summed E-state index contributed by atoms with van der Waals surface area (Å²) >= 11 is 0. The number of rotatable bonds is 6. The van der Waals surface area contributed by atoms with E-state index < -0.39 is 9.84 Å². The molecule has 0 unspecified atom stereocenters. The van der Waals surface area contributed by atoms with Crippen molar-refractivity contribution in [2.24, 2.45) is 0 Å². The molecule has 26 heavy (non-hydrogen) atoms. The highest BCUT2D eigenvalue weighted by molar-refractivity contribution is 7.90. The molecule has 134 valence electrons. The van der Waals surface area contributed by atoms with Gasteiger partial charge in [-0.05, 0) is 18.2 Å². The van der Waals surface area contributed by atoms with E-state index in [1.807, 2.05) is 30.3 Å². The summed E-state index contributed by atoms with van der Waals surface area (Å²) in [6, 6.07) is 15.5. The van der Waals surface area contributed by atoms with Crippen LogP contribution >= 0.6 is 0 Å². The molecule has 1 amide bonds. The second-order valence-corrected chi connectivity index (χ2v) is 7.79. The largest absolute Gasteiger partial charge is 0.352 e. The van der Waals surface area contributed by atoms with Crippen LogP contribution in [-0.2, 0) is 16.3 Å². The number of nitrogens with zero attached hydrogens (tertiary/aromatic N) is 2. The van der Waals surface area contributed by atoms with Crippen LogP contribution in [0.3, 0.4) is 0 Å². The molecule has 3 rings (SSSR count). The number of aromatic nitrogens is 3. The zero-order valence-corrected chi connectivity index (χ0v) is 15.0. The van der Waals surface area contributed by atoms with Crippen LogP contribution in [0.1, 0.15) is 16.2 Å². The maximum absolute atomic E-state index is 12.2. The van der Waals surface area contributed by atoms with Gasteiger partial charge in [0, 0.05) is 30.3 Å². The van der Waals surface area contributed by atoms with Crippen LogP contribution < -0.4 is 5.32 Å². The van der Waals surface area contributed by atoms with Gasteiger partial charge in [0.2, 0.25) is 0 Å². The Bertz CT molecular complexity index is 1010. The van der Waals surface area contributed by atoms with Crippen molar-refractivity contribution in [3.05, 3.63) is 66.0 Å². The molecule has 0 aliphatic carbocycles. The van der Waals surface area contributed by atoms with Crippen molar-refractivity contribution in [3.8, 4) is 11.4 Å². The molecule has 0 radical (unpaired) electrons. The number of hydrogen-bond donors (Lipinski definition) is 2. The Morgan fingerprint density at radius 2 is 1.88 bits per heavy atom. The maximum Gasteiger partial charge on any atom is 0.251 e. The zero-order chi connectivity index (χ0) is 18.6. The zero-order valence-electron chi connectivity index (χ0n) is 14.1. The van der Waals surface area contributed by atoms with Crippen molar-refractivity contribution in [1.29, 1.82) is 0 Å². The summed E-state index contributed by atoms with van der Waals surface area (Å²) in [6.07, 6.45) is 1.59. The maximum atomic E-state index is 12.2. The van der Waals surface area contributed by atoms with Gasteiger partial charge in [-0.3, -0.25) is 9.89 Å². The van der Waals surface area contributed by atoms with Gasteiger partial charge < -0.3 is 5.32 Å². The molecule has 2 N–H and O–H groups in total.